The van der Waals surface area contributed by atoms with Gasteiger partial charge in [-0.05, 0) is 36.8 Å². The van der Waals surface area contributed by atoms with E-state index in [0.717, 1.165) is 31.2 Å². The molecule has 2 rings (SSSR count). The van der Waals surface area contributed by atoms with Crippen LogP contribution in [0.15, 0.2) is 30.3 Å². The van der Waals surface area contributed by atoms with Gasteiger partial charge in [0.2, 0.25) is 10.0 Å². The van der Waals surface area contributed by atoms with Crippen LogP contribution < -0.4 is 10.5 Å². The number of nitrogens with two attached hydrogens (primary N) is 1. The highest BCUT2D eigenvalue weighted by Crippen LogP contribution is 2.36. The summed E-state index contributed by atoms with van der Waals surface area (Å²) in [7, 11) is -3.22. The van der Waals surface area contributed by atoms with Gasteiger partial charge in [-0.3, -0.25) is 0 Å². The summed E-state index contributed by atoms with van der Waals surface area (Å²) < 4.78 is 26.9. The Morgan fingerprint density at radius 3 is 2.40 bits per heavy atom. The van der Waals surface area contributed by atoms with Crippen molar-refractivity contribution in [2.75, 3.05) is 18.8 Å². The molecular weight excluding hydrogens is 272 g/mol. The van der Waals surface area contributed by atoms with Gasteiger partial charge in [0.05, 0.1) is 5.75 Å². The van der Waals surface area contributed by atoms with Crippen molar-refractivity contribution in [1.82, 2.24) is 4.72 Å². The molecule has 0 amide bonds. The summed E-state index contributed by atoms with van der Waals surface area (Å²) in [5.74, 6) is 0.137. The molecule has 1 aromatic carbocycles. The average molecular weight is 296 g/mol. The van der Waals surface area contributed by atoms with Crippen molar-refractivity contribution >= 4 is 10.0 Å². The lowest BCUT2D eigenvalue weighted by atomic mass is 9.87. The van der Waals surface area contributed by atoms with Gasteiger partial charge in [-0.1, -0.05) is 43.2 Å². The van der Waals surface area contributed by atoms with Gasteiger partial charge in [0.1, 0.15) is 0 Å². The SMILES string of the molecule is NCC1(CNS(=O)(=O)CCc2ccccc2)CCCC1. The first-order valence-electron chi connectivity index (χ1n) is 7.27. The molecule has 0 spiro atoms. The first kappa shape index (κ1) is 15.5. The fourth-order valence-corrected chi connectivity index (χ4v) is 3.99. The molecule has 0 saturated heterocycles. The van der Waals surface area contributed by atoms with Crippen LogP contribution in [-0.4, -0.2) is 27.3 Å². The first-order chi connectivity index (χ1) is 9.55. The number of benzene rings is 1. The minimum Gasteiger partial charge on any atom is -0.330 e. The van der Waals surface area contributed by atoms with Crippen LogP contribution >= 0.6 is 0 Å². The summed E-state index contributed by atoms with van der Waals surface area (Å²) in [5.41, 5.74) is 6.86. The van der Waals surface area contributed by atoms with Crippen molar-refractivity contribution in [2.45, 2.75) is 32.1 Å². The summed E-state index contributed by atoms with van der Waals surface area (Å²) in [6.45, 7) is 1.05. The minimum absolute atomic E-state index is 0.0141. The van der Waals surface area contributed by atoms with Crippen molar-refractivity contribution in [3.63, 3.8) is 0 Å². The Morgan fingerprint density at radius 1 is 1.15 bits per heavy atom. The van der Waals surface area contributed by atoms with Crippen LogP contribution in [0, 0.1) is 5.41 Å². The van der Waals surface area contributed by atoms with Crippen molar-refractivity contribution in [2.24, 2.45) is 11.1 Å². The quantitative estimate of drug-likeness (QED) is 0.804. The Hall–Kier alpha value is -0.910. The molecule has 0 unspecified atom stereocenters. The zero-order valence-electron chi connectivity index (χ0n) is 11.8. The molecule has 112 valence electrons. The van der Waals surface area contributed by atoms with E-state index in [9.17, 15) is 8.42 Å². The highest BCUT2D eigenvalue weighted by Gasteiger charge is 2.33. The van der Waals surface area contributed by atoms with Crippen molar-refractivity contribution < 1.29 is 8.42 Å². The maximum Gasteiger partial charge on any atom is 0.211 e. The lowest BCUT2D eigenvalue weighted by Crippen LogP contribution is -2.41. The highest BCUT2D eigenvalue weighted by atomic mass is 32.2. The zero-order valence-corrected chi connectivity index (χ0v) is 12.7. The normalized spacial score (nSPS) is 18.2. The van der Waals surface area contributed by atoms with Crippen LogP contribution in [0.2, 0.25) is 0 Å². The van der Waals surface area contributed by atoms with Crippen molar-refractivity contribution in [1.29, 1.82) is 0 Å². The van der Waals surface area contributed by atoms with Crippen molar-refractivity contribution in [3.8, 4) is 0 Å². The molecule has 0 bridgehead atoms. The van der Waals surface area contributed by atoms with Gasteiger partial charge in [-0.15, -0.1) is 0 Å². The molecule has 0 aliphatic heterocycles. The Bertz CT molecular complexity index is 508. The second kappa shape index (κ2) is 6.70. The molecule has 0 heterocycles. The number of sulfonamides is 1. The summed E-state index contributed by atoms with van der Waals surface area (Å²) in [6.07, 6.45) is 4.92. The fourth-order valence-electron chi connectivity index (χ4n) is 2.81. The summed E-state index contributed by atoms with van der Waals surface area (Å²) in [6, 6.07) is 9.69. The predicted octanol–water partition coefficient (Wildman–Crippen LogP) is 1.67. The van der Waals surface area contributed by atoms with Crippen LogP contribution in [0.25, 0.3) is 0 Å². The molecule has 1 aromatic rings. The van der Waals surface area contributed by atoms with E-state index in [0.29, 0.717) is 19.5 Å². The molecule has 20 heavy (non-hydrogen) atoms. The molecule has 1 saturated carbocycles. The van der Waals surface area contributed by atoms with Crippen molar-refractivity contribution in [3.05, 3.63) is 35.9 Å². The topological polar surface area (TPSA) is 72.2 Å². The Labute approximate surface area is 121 Å². The Balaban J connectivity index is 1.85. The molecule has 1 fully saturated rings. The third kappa shape index (κ3) is 4.30. The summed E-state index contributed by atoms with van der Waals surface area (Å²) >= 11 is 0. The molecule has 5 heteroatoms. The highest BCUT2D eigenvalue weighted by molar-refractivity contribution is 7.89. The molecule has 0 radical (unpaired) electrons. The molecule has 0 aromatic heterocycles. The van der Waals surface area contributed by atoms with E-state index in [4.69, 9.17) is 5.73 Å². The van der Waals surface area contributed by atoms with E-state index in [1.807, 2.05) is 30.3 Å². The summed E-state index contributed by atoms with van der Waals surface area (Å²) in [4.78, 5) is 0. The molecule has 0 atom stereocenters. The maximum absolute atomic E-state index is 12.1. The van der Waals surface area contributed by atoms with Gasteiger partial charge in [0.25, 0.3) is 0 Å². The summed E-state index contributed by atoms with van der Waals surface area (Å²) in [5, 5.41) is 0. The molecular formula is C15H24N2O2S. The third-order valence-corrected chi connectivity index (χ3v) is 5.59. The van der Waals surface area contributed by atoms with E-state index in [1.54, 1.807) is 0 Å². The van der Waals surface area contributed by atoms with E-state index in [1.165, 1.54) is 0 Å². The van der Waals surface area contributed by atoms with E-state index in [2.05, 4.69) is 4.72 Å². The average Bonchev–Trinajstić information content (AvgIpc) is 2.94. The van der Waals surface area contributed by atoms with Crippen LogP contribution in [0.4, 0.5) is 0 Å². The molecule has 3 N–H and O–H groups in total. The standard InChI is InChI=1S/C15H24N2O2S/c16-12-15(9-4-5-10-15)13-17-20(18,19)11-8-14-6-2-1-3-7-14/h1-3,6-7,17H,4-5,8-13,16H2. The number of nitrogens with one attached hydrogen (secondary N) is 1. The van der Waals surface area contributed by atoms with Crippen LogP contribution in [0.3, 0.4) is 0 Å². The van der Waals surface area contributed by atoms with Gasteiger partial charge in [0.15, 0.2) is 0 Å². The van der Waals surface area contributed by atoms with E-state index in [-0.39, 0.29) is 11.2 Å². The largest absolute Gasteiger partial charge is 0.330 e. The Morgan fingerprint density at radius 2 is 1.80 bits per heavy atom. The van der Waals surface area contributed by atoms with Crippen LogP contribution in [0.5, 0.6) is 0 Å². The predicted molar refractivity (Wildman–Crippen MR) is 81.9 cm³/mol. The van der Waals surface area contributed by atoms with Gasteiger partial charge >= 0.3 is 0 Å². The second-order valence-electron chi connectivity index (χ2n) is 5.79. The lowest BCUT2D eigenvalue weighted by Gasteiger charge is -2.27. The number of hydrogen-bond donors (Lipinski definition) is 2. The van der Waals surface area contributed by atoms with Gasteiger partial charge in [-0.25, -0.2) is 13.1 Å². The number of aryl methyl sites for hydroxylation is 1. The number of hydrogen-bond acceptors (Lipinski definition) is 3. The smallest absolute Gasteiger partial charge is 0.211 e. The third-order valence-electron chi connectivity index (χ3n) is 4.27. The van der Waals surface area contributed by atoms with Gasteiger partial charge < -0.3 is 5.73 Å². The molecule has 1 aliphatic rings. The molecule has 4 nitrogen and oxygen atoms in total. The second-order valence-corrected chi connectivity index (χ2v) is 7.71. The zero-order chi connectivity index (χ0) is 14.5. The van der Waals surface area contributed by atoms with Gasteiger partial charge in [-0.2, -0.15) is 0 Å². The maximum atomic E-state index is 12.1. The van der Waals surface area contributed by atoms with Gasteiger partial charge in [0, 0.05) is 6.54 Å². The first-order valence-corrected chi connectivity index (χ1v) is 8.92. The minimum atomic E-state index is -3.22. The monoisotopic (exact) mass is 296 g/mol. The fraction of sp³-hybridized carbons (Fsp3) is 0.600. The number of rotatable bonds is 7. The van der Waals surface area contributed by atoms with E-state index >= 15 is 0 Å². The van der Waals surface area contributed by atoms with Crippen LogP contribution in [-0.2, 0) is 16.4 Å². The lowest BCUT2D eigenvalue weighted by molar-refractivity contribution is 0.309. The molecule has 1 aliphatic carbocycles. The Kier molecular flexibility index (Phi) is 5.18. The van der Waals surface area contributed by atoms with Crippen LogP contribution in [0.1, 0.15) is 31.2 Å². The van der Waals surface area contributed by atoms with E-state index < -0.39 is 10.0 Å².